The Labute approximate surface area is 115 Å². The summed E-state index contributed by atoms with van der Waals surface area (Å²) in [5, 5.41) is 11.8. The summed E-state index contributed by atoms with van der Waals surface area (Å²) in [6.45, 7) is 4.15. The normalized spacial score (nSPS) is 12.2. The van der Waals surface area contributed by atoms with Crippen LogP contribution in [0.3, 0.4) is 0 Å². The van der Waals surface area contributed by atoms with Crippen molar-refractivity contribution in [2.45, 2.75) is 37.5 Å². The van der Waals surface area contributed by atoms with Crippen molar-refractivity contribution in [2.75, 3.05) is 12.4 Å². The van der Waals surface area contributed by atoms with Gasteiger partial charge in [0.1, 0.15) is 0 Å². The Kier molecular flexibility index (Phi) is 6.16. The van der Waals surface area contributed by atoms with Crippen LogP contribution in [0.15, 0.2) is 23.1 Å². The van der Waals surface area contributed by atoms with Crippen LogP contribution in [0.4, 0.5) is 13.2 Å². The van der Waals surface area contributed by atoms with Crippen LogP contribution in [0.25, 0.3) is 0 Å². The molecule has 0 atom stereocenters. The van der Waals surface area contributed by atoms with Crippen molar-refractivity contribution in [2.24, 2.45) is 0 Å². The summed E-state index contributed by atoms with van der Waals surface area (Å²) in [7, 11) is 0. The number of halogens is 3. The Balaban J connectivity index is 2.95. The molecule has 1 aromatic rings. The van der Waals surface area contributed by atoms with Crippen LogP contribution in [0.5, 0.6) is 0 Å². The molecule has 0 spiro atoms. The summed E-state index contributed by atoms with van der Waals surface area (Å²) in [5.41, 5.74) is -0.0246. The fourth-order valence-electron chi connectivity index (χ4n) is 1.51. The van der Waals surface area contributed by atoms with Crippen LogP contribution in [0.1, 0.15) is 25.0 Å². The molecule has 0 aliphatic rings. The first-order chi connectivity index (χ1) is 8.84. The van der Waals surface area contributed by atoms with Crippen LogP contribution in [-0.4, -0.2) is 23.5 Å². The average Bonchev–Trinajstić information content (AvgIpc) is 2.33. The summed E-state index contributed by atoms with van der Waals surface area (Å²) in [4.78, 5) is 0.162. The first-order valence-electron chi connectivity index (χ1n) is 6.01. The second-order valence-corrected chi connectivity index (χ2v) is 5.57. The molecular formula is C13H18F3NOS. The maximum atomic E-state index is 13.0. The quantitative estimate of drug-likeness (QED) is 0.789. The Morgan fingerprint density at radius 2 is 2.00 bits per heavy atom. The predicted octanol–water partition coefficient (Wildman–Crippen LogP) is 3.29. The highest BCUT2D eigenvalue weighted by Gasteiger charge is 2.33. The number of rotatable bonds is 6. The molecule has 0 saturated heterocycles. The molecule has 0 bridgehead atoms. The van der Waals surface area contributed by atoms with Gasteiger partial charge in [0, 0.05) is 23.2 Å². The van der Waals surface area contributed by atoms with Crippen LogP contribution in [-0.2, 0) is 12.7 Å². The van der Waals surface area contributed by atoms with Crippen molar-refractivity contribution in [3.8, 4) is 0 Å². The molecule has 19 heavy (non-hydrogen) atoms. The Morgan fingerprint density at radius 3 is 2.53 bits per heavy atom. The minimum absolute atomic E-state index is 0.140. The second kappa shape index (κ2) is 7.17. The summed E-state index contributed by atoms with van der Waals surface area (Å²) >= 11 is 1.02. The number of nitrogens with one attached hydrogen (secondary N) is 1. The Bertz CT molecular complexity index is 407. The number of aliphatic hydroxyl groups is 1. The fraction of sp³-hybridized carbons (Fsp3) is 0.538. The number of hydrogen-bond acceptors (Lipinski definition) is 3. The van der Waals surface area contributed by atoms with Gasteiger partial charge in [0.15, 0.2) is 0 Å². The molecule has 0 amide bonds. The predicted molar refractivity (Wildman–Crippen MR) is 71.2 cm³/mol. The van der Waals surface area contributed by atoms with Crippen molar-refractivity contribution < 1.29 is 18.3 Å². The van der Waals surface area contributed by atoms with Crippen LogP contribution in [0, 0.1) is 0 Å². The first kappa shape index (κ1) is 16.3. The molecule has 108 valence electrons. The van der Waals surface area contributed by atoms with Gasteiger partial charge in [0.2, 0.25) is 0 Å². The number of benzene rings is 1. The molecule has 0 aromatic heterocycles. The topological polar surface area (TPSA) is 32.3 Å². The summed E-state index contributed by atoms with van der Waals surface area (Å²) < 4.78 is 38.9. The van der Waals surface area contributed by atoms with E-state index < -0.39 is 11.7 Å². The van der Waals surface area contributed by atoms with Gasteiger partial charge < -0.3 is 10.4 Å². The lowest BCUT2D eigenvalue weighted by molar-refractivity contribution is -0.139. The smallest absolute Gasteiger partial charge is 0.396 e. The molecular weight excluding hydrogens is 275 g/mol. The van der Waals surface area contributed by atoms with Crippen LogP contribution >= 0.6 is 11.8 Å². The standard InChI is InChI=1S/C13H18F3NOS/c1-9(2)17-8-10-3-4-12(19-6-5-18)11(7-10)13(14,15)16/h3-4,7,9,17-18H,5-6,8H2,1-2H3. The van der Waals surface area contributed by atoms with E-state index in [-0.39, 0.29) is 23.3 Å². The lowest BCUT2D eigenvalue weighted by atomic mass is 10.1. The number of thioether (sulfide) groups is 1. The number of alkyl halides is 3. The molecule has 0 aliphatic carbocycles. The maximum Gasteiger partial charge on any atom is 0.417 e. The minimum Gasteiger partial charge on any atom is -0.396 e. The summed E-state index contributed by atoms with van der Waals surface area (Å²) in [6.07, 6.45) is -4.37. The Hall–Kier alpha value is -0.720. The zero-order valence-electron chi connectivity index (χ0n) is 10.9. The van der Waals surface area contributed by atoms with Gasteiger partial charge in [-0.2, -0.15) is 13.2 Å². The van der Waals surface area contributed by atoms with E-state index in [4.69, 9.17) is 5.11 Å². The third-order valence-corrected chi connectivity index (χ3v) is 3.47. The van der Waals surface area contributed by atoms with Gasteiger partial charge >= 0.3 is 6.18 Å². The summed E-state index contributed by atoms with van der Waals surface area (Å²) in [6, 6.07) is 4.55. The van der Waals surface area contributed by atoms with Gasteiger partial charge in [-0.3, -0.25) is 0 Å². The SMILES string of the molecule is CC(C)NCc1ccc(SCCO)c(C(F)(F)F)c1. The number of aliphatic hydroxyl groups excluding tert-OH is 1. The van der Waals surface area contributed by atoms with E-state index in [2.05, 4.69) is 5.32 Å². The summed E-state index contributed by atoms with van der Waals surface area (Å²) in [5.74, 6) is 0.257. The minimum atomic E-state index is -4.37. The van der Waals surface area contributed by atoms with Crippen molar-refractivity contribution >= 4 is 11.8 Å². The highest BCUT2D eigenvalue weighted by molar-refractivity contribution is 7.99. The zero-order chi connectivity index (χ0) is 14.5. The molecule has 0 heterocycles. The maximum absolute atomic E-state index is 13.0. The van der Waals surface area contributed by atoms with E-state index >= 15 is 0 Å². The van der Waals surface area contributed by atoms with Gasteiger partial charge in [0.05, 0.1) is 12.2 Å². The molecule has 6 heteroatoms. The van der Waals surface area contributed by atoms with E-state index in [1.54, 1.807) is 6.07 Å². The van der Waals surface area contributed by atoms with E-state index in [0.29, 0.717) is 12.1 Å². The molecule has 0 unspecified atom stereocenters. The highest BCUT2D eigenvalue weighted by Crippen LogP contribution is 2.37. The number of hydrogen-bond donors (Lipinski definition) is 2. The second-order valence-electron chi connectivity index (χ2n) is 4.44. The fourth-order valence-corrected chi connectivity index (χ4v) is 2.32. The third kappa shape index (κ3) is 5.42. The third-order valence-electron chi connectivity index (χ3n) is 2.41. The lowest BCUT2D eigenvalue weighted by Gasteiger charge is -2.15. The largest absolute Gasteiger partial charge is 0.417 e. The molecule has 0 radical (unpaired) electrons. The lowest BCUT2D eigenvalue weighted by Crippen LogP contribution is -2.22. The van der Waals surface area contributed by atoms with Gasteiger partial charge in [0.25, 0.3) is 0 Å². The van der Waals surface area contributed by atoms with Gasteiger partial charge in [-0.15, -0.1) is 11.8 Å². The molecule has 2 nitrogen and oxygen atoms in total. The molecule has 0 aliphatic heterocycles. The van der Waals surface area contributed by atoms with Crippen molar-refractivity contribution in [1.29, 1.82) is 0 Å². The van der Waals surface area contributed by atoms with Crippen molar-refractivity contribution in [3.05, 3.63) is 29.3 Å². The van der Waals surface area contributed by atoms with Gasteiger partial charge in [-0.05, 0) is 17.7 Å². The van der Waals surface area contributed by atoms with E-state index in [1.165, 1.54) is 12.1 Å². The molecule has 0 fully saturated rings. The molecule has 1 rings (SSSR count). The van der Waals surface area contributed by atoms with Crippen molar-refractivity contribution in [3.63, 3.8) is 0 Å². The first-order valence-corrected chi connectivity index (χ1v) is 7.00. The van der Waals surface area contributed by atoms with E-state index in [9.17, 15) is 13.2 Å². The van der Waals surface area contributed by atoms with Crippen molar-refractivity contribution in [1.82, 2.24) is 5.32 Å². The van der Waals surface area contributed by atoms with Gasteiger partial charge in [-0.25, -0.2) is 0 Å². The molecule has 0 saturated carbocycles. The Morgan fingerprint density at radius 1 is 1.32 bits per heavy atom. The monoisotopic (exact) mass is 293 g/mol. The average molecular weight is 293 g/mol. The zero-order valence-corrected chi connectivity index (χ0v) is 11.7. The van der Waals surface area contributed by atoms with Crippen LogP contribution < -0.4 is 5.32 Å². The molecule has 1 aromatic carbocycles. The van der Waals surface area contributed by atoms with E-state index in [0.717, 1.165) is 11.8 Å². The molecule has 2 N–H and O–H groups in total. The van der Waals surface area contributed by atoms with Crippen LogP contribution in [0.2, 0.25) is 0 Å². The van der Waals surface area contributed by atoms with E-state index in [1.807, 2.05) is 13.8 Å². The highest BCUT2D eigenvalue weighted by atomic mass is 32.2. The van der Waals surface area contributed by atoms with Gasteiger partial charge in [-0.1, -0.05) is 19.9 Å².